The number of halogens is 1. The van der Waals surface area contributed by atoms with Crippen molar-refractivity contribution in [2.24, 2.45) is 5.10 Å². The van der Waals surface area contributed by atoms with Gasteiger partial charge in [0.1, 0.15) is 12.3 Å². The molecule has 0 fully saturated rings. The zero-order valence-corrected chi connectivity index (χ0v) is 19.0. The molecule has 0 aliphatic carbocycles. The van der Waals surface area contributed by atoms with Crippen LogP contribution in [0, 0.1) is 0 Å². The summed E-state index contributed by atoms with van der Waals surface area (Å²) in [5.74, 6) is 0.126. The predicted molar refractivity (Wildman–Crippen MR) is 124 cm³/mol. The van der Waals surface area contributed by atoms with Gasteiger partial charge >= 0.3 is 0 Å². The summed E-state index contributed by atoms with van der Waals surface area (Å²) in [5.41, 5.74) is 3.49. The van der Waals surface area contributed by atoms with Crippen LogP contribution in [-0.2, 0) is 14.8 Å². The predicted octanol–water partition coefficient (Wildman–Crippen LogP) is 3.80. The van der Waals surface area contributed by atoms with Crippen LogP contribution in [0.15, 0.2) is 93.3 Å². The van der Waals surface area contributed by atoms with Gasteiger partial charge in [-0.15, -0.1) is 0 Å². The Kier molecular flexibility index (Phi) is 7.43. The molecule has 31 heavy (non-hydrogen) atoms. The molecule has 3 aromatic carbocycles. The molecule has 0 radical (unpaired) electrons. The minimum Gasteiger partial charge on any atom is -0.497 e. The first-order chi connectivity index (χ1) is 14.9. The molecule has 1 N–H and O–H groups in total. The number of hydrogen-bond donors (Lipinski definition) is 1. The fourth-order valence-corrected chi connectivity index (χ4v) is 4.52. The third-order valence-corrected chi connectivity index (χ3v) is 6.51. The molecule has 0 unspecified atom stereocenters. The van der Waals surface area contributed by atoms with Crippen molar-refractivity contribution < 1.29 is 17.9 Å². The maximum atomic E-state index is 13.2. The number of methoxy groups -OCH3 is 1. The topological polar surface area (TPSA) is 88.1 Å². The molecule has 0 heterocycles. The summed E-state index contributed by atoms with van der Waals surface area (Å²) in [6.07, 6.45) is 1.46. The Bertz CT molecular complexity index is 1170. The first-order valence-corrected chi connectivity index (χ1v) is 11.4. The zero-order valence-electron chi connectivity index (χ0n) is 16.6. The Balaban J connectivity index is 1.79. The molecule has 0 aliphatic rings. The lowest BCUT2D eigenvalue weighted by molar-refractivity contribution is -0.119. The monoisotopic (exact) mass is 501 g/mol. The molecule has 3 rings (SSSR count). The molecule has 1 amide bonds. The minimum absolute atomic E-state index is 0.0875. The molecule has 9 heteroatoms. The fourth-order valence-electron chi connectivity index (χ4n) is 2.70. The van der Waals surface area contributed by atoms with Gasteiger partial charge in [0.2, 0.25) is 0 Å². The number of sulfonamides is 1. The molecule has 0 bridgehead atoms. The van der Waals surface area contributed by atoms with Crippen molar-refractivity contribution in [3.63, 3.8) is 0 Å². The summed E-state index contributed by atoms with van der Waals surface area (Å²) in [6, 6.07) is 21.8. The maximum Gasteiger partial charge on any atom is 0.264 e. The molecule has 3 aromatic rings. The van der Waals surface area contributed by atoms with Crippen molar-refractivity contribution in [1.82, 2.24) is 5.43 Å². The van der Waals surface area contributed by atoms with Gasteiger partial charge in [-0.25, -0.2) is 13.8 Å². The van der Waals surface area contributed by atoms with E-state index in [0.717, 1.165) is 9.87 Å². The van der Waals surface area contributed by atoms with Crippen LogP contribution in [0.2, 0.25) is 0 Å². The van der Waals surface area contributed by atoms with E-state index in [9.17, 15) is 13.2 Å². The largest absolute Gasteiger partial charge is 0.497 e. The normalized spacial score (nSPS) is 11.3. The number of rotatable bonds is 8. The number of amides is 1. The number of nitrogens with zero attached hydrogens (tertiary/aromatic N) is 2. The Labute approximate surface area is 189 Å². The van der Waals surface area contributed by atoms with E-state index in [1.165, 1.54) is 18.3 Å². The molecule has 7 nitrogen and oxygen atoms in total. The lowest BCUT2D eigenvalue weighted by atomic mass is 10.2. The van der Waals surface area contributed by atoms with Gasteiger partial charge in [-0.1, -0.05) is 40.2 Å². The third kappa shape index (κ3) is 5.93. The van der Waals surface area contributed by atoms with Gasteiger partial charge in [-0.3, -0.25) is 9.10 Å². The van der Waals surface area contributed by atoms with E-state index in [2.05, 4.69) is 26.5 Å². The van der Waals surface area contributed by atoms with E-state index in [0.29, 0.717) is 15.9 Å². The summed E-state index contributed by atoms with van der Waals surface area (Å²) in [6.45, 7) is -0.437. The van der Waals surface area contributed by atoms with Crippen LogP contribution in [0.4, 0.5) is 5.69 Å². The van der Waals surface area contributed by atoms with Gasteiger partial charge in [-0.2, -0.15) is 5.10 Å². The van der Waals surface area contributed by atoms with E-state index in [1.54, 1.807) is 73.8 Å². The second-order valence-electron chi connectivity index (χ2n) is 6.37. The Morgan fingerprint density at radius 1 is 1.06 bits per heavy atom. The number of hydrazone groups is 1. The van der Waals surface area contributed by atoms with E-state index >= 15 is 0 Å². The van der Waals surface area contributed by atoms with Crippen molar-refractivity contribution >= 4 is 43.8 Å². The SMILES string of the molecule is COc1ccc(/C=N\NC(=O)CN(c2cccc(Br)c2)S(=O)(=O)c2ccccc2)cc1. The highest BCUT2D eigenvalue weighted by Gasteiger charge is 2.27. The maximum absolute atomic E-state index is 13.2. The highest BCUT2D eigenvalue weighted by molar-refractivity contribution is 9.10. The van der Waals surface area contributed by atoms with Gasteiger partial charge in [0.15, 0.2) is 0 Å². The third-order valence-electron chi connectivity index (χ3n) is 4.23. The van der Waals surface area contributed by atoms with Crippen molar-refractivity contribution in [3.8, 4) is 5.75 Å². The number of benzene rings is 3. The Morgan fingerprint density at radius 3 is 2.42 bits per heavy atom. The Hall–Kier alpha value is -3.17. The molecule has 0 spiro atoms. The highest BCUT2D eigenvalue weighted by Crippen LogP contribution is 2.26. The molecular weight excluding hydrogens is 482 g/mol. The number of ether oxygens (including phenoxy) is 1. The standard InChI is InChI=1S/C22H20BrN3O4S/c1-30-20-12-10-17(11-13-20)15-24-25-22(27)16-26(19-7-5-6-18(23)14-19)31(28,29)21-8-3-2-4-9-21/h2-15H,16H2,1H3,(H,25,27)/b24-15-. The van der Waals surface area contributed by atoms with E-state index in [1.807, 2.05) is 0 Å². The van der Waals surface area contributed by atoms with E-state index < -0.39 is 22.5 Å². The molecular formula is C22H20BrN3O4S. The smallest absolute Gasteiger partial charge is 0.264 e. The highest BCUT2D eigenvalue weighted by atomic mass is 79.9. The number of hydrogen-bond acceptors (Lipinski definition) is 5. The summed E-state index contributed by atoms with van der Waals surface area (Å²) < 4.78 is 33.3. The van der Waals surface area contributed by atoms with Gasteiger partial charge in [0.25, 0.3) is 15.9 Å². The number of carbonyl (C=O) groups is 1. The summed E-state index contributed by atoms with van der Waals surface area (Å²) in [4.78, 5) is 12.6. The summed E-state index contributed by atoms with van der Waals surface area (Å²) in [7, 11) is -2.39. The van der Waals surface area contributed by atoms with Gasteiger partial charge < -0.3 is 4.74 Å². The van der Waals surface area contributed by atoms with Gasteiger partial charge in [-0.05, 0) is 60.2 Å². The van der Waals surface area contributed by atoms with Crippen LogP contribution in [0.3, 0.4) is 0 Å². The quantitative estimate of drug-likeness (QED) is 0.375. The number of nitrogens with one attached hydrogen (secondary N) is 1. The van der Waals surface area contributed by atoms with Crippen molar-refractivity contribution in [2.45, 2.75) is 4.90 Å². The minimum atomic E-state index is -3.96. The molecule has 0 atom stereocenters. The van der Waals surface area contributed by atoms with Crippen LogP contribution in [0.5, 0.6) is 5.75 Å². The average molecular weight is 502 g/mol. The van der Waals surface area contributed by atoms with Crippen LogP contribution in [0.25, 0.3) is 0 Å². The average Bonchev–Trinajstić information content (AvgIpc) is 2.78. The lowest BCUT2D eigenvalue weighted by Gasteiger charge is -2.23. The first-order valence-electron chi connectivity index (χ1n) is 9.19. The molecule has 0 aliphatic heterocycles. The van der Waals surface area contributed by atoms with Crippen molar-refractivity contribution in [2.75, 3.05) is 18.0 Å². The zero-order chi connectivity index (χ0) is 22.3. The lowest BCUT2D eigenvalue weighted by Crippen LogP contribution is -2.39. The van der Waals surface area contributed by atoms with Crippen LogP contribution < -0.4 is 14.5 Å². The number of carbonyl (C=O) groups excluding carboxylic acids is 1. The molecule has 0 saturated heterocycles. The van der Waals surface area contributed by atoms with Crippen LogP contribution >= 0.6 is 15.9 Å². The molecule has 0 saturated carbocycles. The summed E-state index contributed by atoms with van der Waals surface area (Å²) in [5, 5.41) is 3.92. The first kappa shape index (κ1) is 22.5. The van der Waals surface area contributed by atoms with Crippen molar-refractivity contribution in [1.29, 1.82) is 0 Å². The molecule has 0 aromatic heterocycles. The van der Waals surface area contributed by atoms with Gasteiger partial charge in [0.05, 0.1) is 23.9 Å². The second-order valence-corrected chi connectivity index (χ2v) is 9.15. The van der Waals surface area contributed by atoms with E-state index in [4.69, 9.17) is 4.74 Å². The Morgan fingerprint density at radius 2 is 1.77 bits per heavy atom. The van der Waals surface area contributed by atoms with E-state index in [-0.39, 0.29) is 4.90 Å². The number of anilines is 1. The molecule has 160 valence electrons. The summed E-state index contributed by atoms with van der Waals surface area (Å²) >= 11 is 3.34. The van der Waals surface area contributed by atoms with Crippen molar-refractivity contribution in [3.05, 3.63) is 88.9 Å². The van der Waals surface area contributed by atoms with Crippen LogP contribution in [0.1, 0.15) is 5.56 Å². The van der Waals surface area contributed by atoms with Crippen LogP contribution in [-0.4, -0.2) is 34.2 Å². The van der Waals surface area contributed by atoms with Gasteiger partial charge in [0, 0.05) is 4.47 Å². The fraction of sp³-hybridized carbons (Fsp3) is 0.0909. The second kappa shape index (κ2) is 10.2.